The third-order valence-corrected chi connectivity index (χ3v) is 3.43. The molecule has 0 aliphatic carbocycles. The molecule has 7 nitrogen and oxygen atoms in total. The number of hydrogen-bond acceptors (Lipinski definition) is 7. The lowest BCUT2D eigenvalue weighted by Gasteiger charge is -2.15. The molecule has 19 heavy (non-hydrogen) atoms. The van der Waals surface area contributed by atoms with Gasteiger partial charge in [0, 0.05) is 0 Å². The van der Waals surface area contributed by atoms with Crippen molar-refractivity contribution < 1.29 is 44.4 Å². The van der Waals surface area contributed by atoms with Crippen LogP contribution in [0.25, 0.3) is 0 Å². The van der Waals surface area contributed by atoms with Crippen LogP contribution in [0, 0.1) is 0 Å². The van der Waals surface area contributed by atoms with E-state index in [0.717, 1.165) is 0 Å². The molecule has 0 aromatic carbocycles. The zero-order chi connectivity index (χ0) is 15.3. The molecule has 0 aromatic heterocycles. The Morgan fingerprint density at radius 3 is 2.26 bits per heavy atom. The van der Waals surface area contributed by atoms with Gasteiger partial charge in [0.05, 0.1) is 12.9 Å². The second kappa shape index (κ2) is 7.22. The Balaban J connectivity index is 4.83. The molecule has 0 rings (SSSR count). The number of esters is 1. The molecule has 114 valence electrons. The topological polar surface area (TPSA) is 96.0 Å². The Kier molecular flexibility index (Phi) is 6.98. The Labute approximate surface area is 108 Å². The summed E-state index contributed by atoms with van der Waals surface area (Å²) in [6.45, 7) is -0.703. The molecule has 0 spiro atoms. The molecule has 0 bridgehead atoms. The van der Waals surface area contributed by atoms with Crippen LogP contribution in [0.5, 0.6) is 0 Å². The molecular formula is C7H12F3O7PS. The highest BCUT2D eigenvalue weighted by Gasteiger charge is 2.36. The van der Waals surface area contributed by atoms with Gasteiger partial charge in [-0.1, -0.05) is 0 Å². The number of carbonyl (C=O) groups is 1. The number of ether oxygens (including phenoxy) is 1. The summed E-state index contributed by atoms with van der Waals surface area (Å²) in [4.78, 5) is 11.2. The first-order chi connectivity index (χ1) is 8.46. The van der Waals surface area contributed by atoms with Gasteiger partial charge in [-0.25, -0.2) is 8.98 Å². The van der Waals surface area contributed by atoms with Gasteiger partial charge in [0.25, 0.3) is 10.1 Å². The molecule has 12 heteroatoms. The van der Waals surface area contributed by atoms with Crippen molar-refractivity contribution in [2.45, 2.75) is 18.9 Å². The van der Waals surface area contributed by atoms with Crippen molar-refractivity contribution >= 4 is 24.1 Å². The SMILES string of the molecule is CCO[PH](=O)C(OS(C)(=O)=O)C(=O)OCC(F)(F)F. The first kappa shape index (κ1) is 18.4. The average Bonchev–Trinajstić information content (AvgIpc) is 2.20. The fraction of sp³-hybridized carbons (Fsp3) is 0.857. The van der Waals surface area contributed by atoms with Gasteiger partial charge in [0.2, 0.25) is 13.9 Å². The monoisotopic (exact) mass is 328 g/mol. The van der Waals surface area contributed by atoms with Crippen LogP contribution in [-0.4, -0.2) is 45.9 Å². The summed E-state index contributed by atoms with van der Waals surface area (Å²) in [5.74, 6) is -3.96. The van der Waals surface area contributed by atoms with Crippen LogP contribution < -0.4 is 0 Å². The van der Waals surface area contributed by atoms with Gasteiger partial charge in [-0.05, 0) is 6.92 Å². The minimum Gasteiger partial charge on any atom is -0.454 e. The number of alkyl halides is 3. The highest BCUT2D eigenvalue weighted by molar-refractivity contribution is 7.86. The van der Waals surface area contributed by atoms with Crippen molar-refractivity contribution in [3.8, 4) is 0 Å². The largest absolute Gasteiger partial charge is 0.454 e. The van der Waals surface area contributed by atoms with Crippen LogP contribution in [0.3, 0.4) is 0 Å². The summed E-state index contributed by atoms with van der Waals surface area (Å²) >= 11 is 0. The first-order valence-corrected chi connectivity index (χ1v) is 7.95. The highest BCUT2D eigenvalue weighted by atomic mass is 32.2. The molecule has 2 unspecified atom stereocenters. The molecule has 0 aliphatic heterocycles. The zero-order valence-corrected chi connectivity index (χ0v) is 11.7. The van der Waals surface area contributed by atoms with E-state index in [1.165, 1.54) is 6.92 Å². The fourth-order valence-electron chi connectivity index (χ4n) is 0.796. The van der Waals surface area contributed by atoms with Crippen molar-refractivity contribution in [3.63, 3.8) is 0 Å². The lowest BCUT2D eigenvalue weighted by atomic mass is 10.6. The number of rotatable bonds is 7. The second-order valence-electron chi connectivity index (χ2n) is 3.16. The summed E-state index contributed by atoms with van der Waals surface area (Å²) in [7, 11) is -7.59. The van der Waals surface area contributed by atoms with Crippen LogP contribution in [0.1, 0.15) is 6.92 Å². The lowest BCUT2D eigenvalue weighted by Crippen LogP contribution is -2.30. The fourth-order valence-corrected chi connectivity index (χ4v) is 2.77. The van der Waals surface area contributed by atoms with E-state index in [1.807, 2.05) is 0 Å². The maximum atomic E-state index is 11.8. The maximum absolute atomic E-state index is 11.8. The van der Waals surface area contributed by atoms with Gasteiger partial charge in [-0.3, -0.25) is 4.57 Å². The average molecular weight is 328 g/mol. The molecule has 0 radical (unpaired) electrons. The van der Waals surface area contributed by atoms with Crippen molar-refractivity contribution in [1.29, 1.82) is 0 Å². The predicted molar refractivity (Wildman–Crippen MR) is 57.4 cm³/mol. The number of halogens is 3. The van der Waals surface area contributed by atoms with Gasteiger partial charge in [-0.15, -0.1) is 0 Å². The summed E-state index contributed by atoms with van der Waals surface area (Å²) in [5.41, 5.74) is 0. The molecule has 2 atom stereocenters. The molecule has 0 saturated carbocycles. The Morgan fingerprint density at radius 2 is 1.89 bits per heavy atom. The van der Waals surface area contributed by atoms with E-state index in [9.17, 15) is 30.9 Å². The Bertz CT molecular complexity index is 432. The quantitative estimate of drug-likeness (QED) is 0.389. The van der Waals surface area contributed by atoms with E-state index in [2.05, 4.69) is 13.4 Å². The molecule has 0 N–H and O–H groups in total. The second-order valence-corrected chi connectivity index (χ2v) is 6.21. The van der Waals surface area contributed by atoms with Crippen molar-refractivity contribution in [2.24, 2.45) is 0 Å². The van der Waals surface area contributed by atoms with E-state index < -0.39 is 42.7 Å². The Morgan fingerprint density at radius 1 is 1.37 bits per heavy atom. The molecule has 0 heterocycles. The van der Waals surface area contributed by atoms with Crippen LogP contribution in [-0.2, 0) is 32.9 Å². The molecule has 0 aliphatic rings. The summed E-state index contributed by atoms with van der Waals surface area (Å²) in [6.07, 6.45) is -4.26. The number of carbonyl (C=O) groups excluding carboxylic acids is 1. The van der Waals surface area contributed by atoms with Gasteiger partial charge in [0.15, 0.2) is 6.61 Å². The molecule has 0 aromatic rings. The van der Waals surface area contributed by atoms with Gasteiger partial charge >= 0.3 is 12.1 Å². The van der Waals surface area contributed by atoms with Crippen LogP contribution in [0.2, 0.25) is 0 Å². The number of hydrogen-bond donors (Lipinski definition) is 0. The minimum absolute atomic E-state index is 0.145. The minimum atomic E-state index is -4.80. The third-order valence-electron chi connectivity index (χ3n) is 1.36. The van der Waals surface area contributed by atoms with Crippen molar-refractivity contribution in [1.82, 2.24) is 0 Å². The summed E-state index contributed by atoms with van der Waals surface area (Å²) < 4.78 is 80.9. The maximum Gasteiger partial charge on any atom is 0.422 e. The first-order valence-electron chi connectivity index (χ1n) is 4.74. The van der Waals surface area contributed by atoms with E-state index in [0.29, 0.717) is 6.26 Å². The standard InChI is InChI=1S/C7H12F3O7PS/c1-3-16-18(12)6(17-19(2,13)14)5(11)15-4-7(8,9)10/h6,18H,3-4H2,1-2H3. The normalized spacial score (nSPS) is 15.8. The van der Waals surface area contributed by atoms with Gasteiger partial charge in [-0.2, -0.15) is 21.6 Å². The molecule has 0 saturated heterocycles. The van der Waals surface area contributed by atoms with Crippen molar-refractivity contribution in [3.05, 3.63) is 0 Å². The third kappa shape index (κ3) is 8.98. The van der Waals surface area contributed by atoms with Gasteiger partial charge < -0.3 is 9.26 Å². The van der Waals surface area contributed by atoms with E-state index in [4.69, 9.17) is 0 Å². The van der Waals surface area contributed by atoms with E-state index in [1.54, 1.807) is 0 Å². The smallest absolute Gasteiger partial charge is 0.422 e. The summed E-state index contributed by atoms with van der Waals surface area (Å²) in [6, 6.07) is 0. The summed E-state index contributed by atoms with van der Waals surface area (Å²) in [5, 5.41) is 0. The molecular weight excluding hydrogens is 316 g/mol. The lowest BCUT2D eigenvalue weighted by molar-refractivity contribution is -0.188. The van der Waals surface area contributed by atoms with E-state index in [-0.39, 0.29) is 6.61 Å². The van der Waals surface area contributed by atoms with Gasteiger partial charge in [0.1, 0.15) is 0 Å². The Hall–Kier alpha value is -0.640. The van der Waals surface area contributed by atoms with Crippen molar-refractivity contribution in [2.75, 3.05) is 19.5 Å². The molecule has 0 amide bonds. The van der Waals surface area contributed by atoms with Crippen LogP contribution >= 0.6 is 8.03 Å². The van der Waals surface area contributed by atoms with Crippen LogP contribution in [0.4, 0.5) is 13.2 Å². The zero-order valence-electron chi connectivity index (χ0n) is 9.89. The van der Waals surface area contributed by atoms with E-state index >= 15 is 0 Å². The molecule has 0 fully saturated rings. The highest BCUT2D eigenvalue weighted by Crippen LogP contribution is 2.32. The predicted octanol–water partition coefficient (Wildman–Crippen LogP) is 0.905. The van der Waals surface area contributed by atoms with Crippen LogP contribution in [0.15, 0.2) is 0 Å².